The highest BCUT2D eigenvalue weighted by Crippen LogP contribution is 2.26. The molecule has 0 aliphatic carbocycles. The number of amides is 1. The maximum absolute atomic E-state index is 12.2. The minimum atomic E-state index is -1.20. The molecule has 0 bridgehead atoms. The fourth-order valence-corrected chi connectivity index (χ4v) is 3.58. The van der Waals surface area contributed by atoms with Gasteiger partial charge in [0.1, 0.15) is 5.75 Å². The molecule has 0 atom stereocenters. The lowest BCUT2D eigenvalue weighted by atomic mass is 10.0. The van der Waals surface area contributed by atoms with E-state index in [1.54, 1.807) is 18.2 Å². The number of rotatable bonds is 8. The molecule has 0 spiro atoms. The van der Waals surface area contributed by atoms with Gasteiger partial charge in [0.25, 0.3) is 0 Å². The second-order valence-electron chi connectivity index (χ2n) is 6.11. The number of carbonyl (C=O) groups excluding carboxylic acids is 2. The van der Waals surface area contributed by atoms with Crippen molar-refractivity contribution in [1.82, 2.24) is 4.98 Å². The Morgan fingerprint density at radius 2 is 1.97 bits per heavy atom. The molecule has 29 heavy (non-hydrogen) atoms. The minimum Gasteiger partial charge on any atom is -0.496 e. The van der Waals surface area contributed by atoms with Gasteiger partial charge in [0.15, 0.2) is 10.9 Å². The number of allylic oxidation sites excluding steroid dienone is 1. The van der Waals surface area contributed by atoms with Gasteiger partial charge in [-0.3, -0.25) is 9.59 Å². The van der Waals surface area contributed by atoms with Crippen LogP contribution in [0.25, 0.3) is 10.2 Å². The van der Waals surface area contributed by atoms with Crippen LogP contribution in [-0.4, -0.2) is 34.9 Å². The molecule has 0 aliphatic heterocycles. The molecule has 0 saturated heterocycles. The number of anilines is 1. The van der Waals surface area contributed by atoms with Crippen LogP contribution in [-0.2, 0) is 16.0 Å². The van der Waals surface area contributed by atoms with Crippen molar-refractivity contribution < 1.29 is 24.2 Å². The number of aryl methyl sites for hydroxylation is 1. The summed E-state index contributed by atoms with van der Waals surface area (Å²) in [5, 5.41) is 12.0. The highest BCUT2D eigenvalue weighted by atomic mass is 32.1. The number of aromatic nitrogens is 1. The zero-order chi connectivity index (χ0) is 20.8. The molecule has 0 radical (unpaired) electrons. The quantitative estimate of drug-likeness (QED) is 0.433. The summed E-state index contributed by atoms with van der Waals surface area (Å²) in [7, 11) is 1.43. The van der Waals surface area contributed by atoms with E-state index in [4.69, 9.17) is 9.84 Å². The molecular formula is C21H18N2O5S. The van der Waals surface area contributed by atoms with Gasteiger partial charge >= 0.3 is 5.97 Å². The molecule has 0 aliphatic rings. The Morgan fingerprint density at radius 1 is 1.17 bits per heavy atom. The molecule has 3 aromatic rings. The van der Waals surface area contributed by atoms with Crippen LogP contribution in [0.2, 0.25) is 0 Å². The van der Waals surface area contributed by atoms with Crippen LogP contribution < -0.4 is 10.1 Å². The number of ketones is 1. The number of carboxylic acid groups (broad SMARTS) is 1. The third-order valence-corrected chi connectivity index (χ3v) is 5.04. The molecule has 1 aromatic heterocycles. The molecule has 1 amide bonds. The fourth-order valence-electron chi connectivity index (χ4n) is 2.70. The van der Waals surface area contributed by atoms with Gasteiger partial charge < -0.3 is 15.2 Å². The van der Waals surface area contributed by atoms with Crippen LogP contribution in [0.15, 0.2) is 54.6 Å². The first-order valence-electron chi connectivity index (χ1n) is 8.74. The summed E-state index contributed by atoms with van der Waals surface area (Å²) in [4.78, 5) is 39.3. The number of ether oxygens (including phenoxy) is 1. The standard InChI is InChI=1S/C21H18N2O5S/c1-28-17-12-13(6-8-14(17)16(24)9-11-20(26)27)7-10-19(25)23-21-22-15-4-2-3-5-18(15)29-21/h2-6,8-9,11-12H,7,10H2,1H3,(H,26,27)(H,22,23,25)/b11-9+. The highest BCUT2D eigenvalue weighted by molar-refractivity contribution is 7.22. The van der Waals surface area contributed by atoms with Crippen molar-refractivity contribution in [2.75, 3.05) is 12.4 Å². The van der Waals surface area contributed by atoms with Gasteiger partial charge in [0.05, 0.1) is 22.9 Å². The zero-order valence-corrected chi connectivity index (χ0v) is 16.4. The first-order chi connectivity index (χ1) is 14.0. The lowest BCUT2D eigenvalue weighted by Crippen LogP contribution is -2.12. The number of hydrogen-bond donors (Lipinski definition) is 2. The Bertz CT molecular complexity index is 1070. The number of nitrogens with one attached hydrogen (secondary N) is 1. The average Bonchev–Trinajstić information content (AvgIpc) is 3.12. The third kappa shape index (κ3) is 5.26. The molecule has 0 unspecified atom stereocenters. The van der Waals surface area contributed by atoms with Gasteiger partial charge in [-0.25, -0.2) is 9.78 Å². The summed E-state index contributed by atoms with van der Waals surface area (Å²) in [6.07, 6.45) is 2.45. The molecule has 1 heterocycles. The summed E-state index contributed by atoms with van der Waals surface area (Å²) < 4.78 is 6.24. The number of aliphatic carboxylic acids is 1. The van der Waals surface area contributed by atoms with E-state index in [1.165, 1.54) is 18.4 Å². The molecule has 2 N–H and O–H groups in total. The predicted molar refractivity (Wildman–Crippen MR) is 111 cm³/mol. The Hall–Kier alpha value is -3.52. The van der Waals surface area contributed by atoms with Gasteiger partial charge in [-0.15, -0.1) is 0 Å². The van der Waals surface area contributed by atoms with Gasteiger partial charge in [-0.2, -0.15) is 0 Å². The van der Waals surface area contributed by atoms with Crippen molar-refractivity contribution in [3.8, 4) is 5.75 Å². The first kappa shape index (κ1) is 20.2. The summed E-state index contributed by atoms with van der Waals surface area (Å²) in [6, 6.07) is 12.6. The van der Waals surface area contributed by atoms with Gasteiger partial charge in [-0.05, 0) is 42.3 Å². The molecular weight excluding hydrogens is 392 g/mol. The largest absolute Gasteiger partial charge is 0.496 e. The van der Waals surface area contributed by atoms with Gasteiger partial charge in [0, 0.05) is 12.5 Å². The van der Waals surface area contributed by atoms with Crippen molar-refractivity contribution in [2.24, 2.45) is 0 Å². The zero-order valence-electron chi connectivity index (χ0n) is 15.5. The van der Waals surface area contributed by atoms with Crippen LogP contribution >= 0.6 is 11.3 Å². The number of methoxy groups -OCH3 is 1. The van der Waals surface area contributed by atoms with Crippen molar-refractivity contribution in [2.45, 2.75) is 12.8 Å². The van der Waals surface area contributed by atoms with E-state index in [2.05, 4.69) is 10.3 Å². The van der Waals surface area contributed by atoms with E-state index >= 15 is 0 Å². The minimum absolute atomic E-state index is 0.160. The van der Waals surface area contributed by atoms with Crippen LogP contribution in [0.1, 0.15) is 22.3 Å². The number of fused-ring (bicyclic) bond motifs is 1. The molecule has 8 heteroatoms. The monoisotopic (exact) mass is 410 g/mol. The molecule has 7 nitrogen and oxygen atoms in total. The van der Waals surface area contributed by atoms with Crippen LogP contribution in [0.4, 0.5) is 5.13 Å². The molecule has 148 valence electrons. The van der Waals surface area contributed by atoms with Crippen LogP contribution in [0.3, 0.4) is 0 Å². The summed E-state index contributed by atoms with van der Waals surface area (Å²) >= 11 is 1.42. The Balaban J connectivity index is 1.63. The number of para-hydroxylation sites is 1. The Kier molecular flexibility index (Phi) is 6.36. The SMILES string of the molecule is COc1cc(CCC(=O)Nc2nc3ccccc3s2)ccc1C(=O)/C=C/C(=O)O. The number of hydrogen-bond acceptors (Lipinski definition) is 6. The topological polar surface area (TPSA) is 106 Å². The van der Waals surface area contributed by atoms with Crippen molar-refractivity contribution in [3.63, 3.8) is 0 Å². The number of benzene rings is 2. The van der Waals surface area contributed by atoms with E-state index < -0.39 is 11.8 Å². The molecule has 0 fully saturated rings. The summed E-state index contributed by atoms with van der Waals surface area (Å²) in [5.41, 5.74) is 1.92. The van der Waals surface area contributed by atoms with Crippen LogP contribution in [0.5, 0.6) is 5.75 Å². The second-order valence-corrected chi connectivity index (χ2v) is 7.14. The molecule has 2 aromatic carbocycles. The lowest BCUT2D eigenvalue weighted by Gasteiger charge is -2.09. The van der Waals surface area contributed by atoms with E-state index in [1.807, 2.05) is 24.3 Å². The van der Waals surface area contributed by atoms with E-state index in [0.29, 0.717) is 17.3 Å². The summed E-state index contributed by atoms with van der Waals surface area (Å²) in [6.45, 7) is 0. The maximum Gasteiger partial charge on any atom is 0.328 e. The fraction of sp³-hybridized carbons (Fsp3) is 0.143. The summed E-state index contributed by atoms with van der Waals surface area (Å²) in [5.74, 6) is -1.50. The lowest BCUT2D eigenvalue weighted by molar-refractivity contribution is -0.131. The average molecular weight is 410 g/mol. The maximum atomic E-state index is 12.2. The van der Waals surface area contributed by atoms with E-state index in [9.17, 15) is 14.4 Å². The number of nitrogens with zero attached hydrogens (tertiary/aromatic N) is 1. The number of thiazole rings is 1. The Morgan fingerprint density at radius 3 is 2.69 bits per heavy atom. The van der Waals surface area contributed by atoms with Crippen LogP contribution in [0, 0.1) is 0 Å². The smallest absolute Gasteiger partial charge is 0.328 e. The van der Waals surface area contributed by atoms with Crippen molar-refractivity contribution in [3.05, 3.63) is 65.7 Å². The van der Waals surface area contributed by atoms with Crippen molar-refractivity contribution in [1.29, 1.82) is 0 Å². The second kappa shape index (κ2) is 9.11. The normalized spacial score (nSPS) is 10.9. The Labute approximate surface area is 170 Å². The number of carbonyl (C=O) groups is 3. The van der Waals surface area contributed by atoms with Gasteiger partial charge in [-0.1, -0.05) is 29.5 Å². The first-order valence-corrected chi connectivity index (χ1v) is 9.55. The molecule has 3 rings (SSSR count). The third-order valence-electron chi connectivity index (χ3n) is 4.09. The van der Waals surface area contributed by atoms with Crippen molar-refractivity contribution >= 4 is 44.3 Å². The van der Waals surface area contributed by atoms with Gasteiger partial charge in [0.2, 0.25) is 5.91 Å². The molecule has 0 saturated carbocycles. The number of carboxylic acids is 1. The highest BCUT2D eigenvalue weighted by Gasteiger charge is 2.12. The van der Waals surface area contributed by atoms with E-state index in [0.717, 1.165) is 27.9 Å². The van der Waals surface area contributed by atoms with E-state index in [-0.39, 0.29) is 17.9 Å². The predicted octanol–water partition coefficient (Wildman–Crippen LogP) is 3.70.